The smallest absolute Gasteiger partial charge is 0.254 e. The Morgan fingerprint density at radius 1 is 1.38 bits per heavy atom. The number of thioether (sulfide) groups is 1. The minimum Gasteiger partial charge on any atom is -0.467 e. The van der Waals surface area contributed by atoms with Crippen LogP contribution < -0.4 is 5.32 Å². The van der Waals surface area contributed by atoms with E-state index in [9.17, 15) is 9.59 Å². The molecule has 2 heterocycles. The van der Waals surface area contributed by atoms with Gasteiger partial charge < -0.3 is 14.6 Å². The zero-order valence-electron chi connectivity index (χ0n) is 13.3. The summed E-state index contributed by atoms with van der Waals surface area (Å²) in [4.78, 5) is 27.6. The maximum atomic E-state index is 13.1. The van der Waals surface area contributed by atoms with E-state index in [1.165, 1.54) is 11.8 Å². The van der Waals surface area contributed by atoms with Gasteiger partial charge in [-0.3, -0.25) is 9.59 Å². The number of benzene rings is 1. The summed E-state index contributed by atoms with van der Waals surface area (Å²) in [5.74, 6) is 1.16. The second-order valence-electron chi connectivity index (χ2n) is 6.18. The fourth-order valence-electron chi connectivity index (χ4n) is 3.04. The Bertz CT molecular complexity index is 784. The van der Waals surface area contributed by atoms with Crippen molar-refractivity contribution in [3.8, 4) is 0 Å². The van der Waals surface area contributed by atoms with Gasteiger partial charge in [-0.1, -0.05) is 0 Å². The van der Waals surface area contributed by atoms with Crippen molar-refractivity contribution in [2.24, 2.45) is 0 Å². The number of hydrogen-bond acceptors (Lipinski definition) is 4. The van der Waals surface area contributed by atoms with Crippen LogP contribution in [-0.2, 0) is 4.79 Å². The molecule has 4 rings (SSSR count). The maximum Gasteiger partial charge on any atom is 0.254 e. The largest absolute Gasteiger partial charge is 0.467 e. The lowest BCUT2D eigenvalue weighted by atomic mass is 10.1. The highest BCUT2D eigenvalue weighted by molar-refractivity contribution is 8.00. The molecule has 2 amide bonds. The van der Waals surface area contributed by atoms with E-state index >= 15 is 0 Å². The van der Waals surface area contributed by atoms with Crippen LogP contribution in [0.5, 0.6) is 0 Å². The van der Waals surface area contributed by atoms with Crippen LogP contribution in [0.2, 0.25) is 0 Å². The third-order valence-corrected chi connectivity index (χ3v) is 5.48. The molecule has 1 aromatic carbocycles. The summed E-state index contributed by atoms with van der Waals surface area (Å²) in [6.45, 7) is 1.99. The van der Waals surface area contributed by atoms with Gasteiger partial charge in [-0.05, 0) is 50.1 Å². The third kappa shape index (κ3) is 2.82. The normalized spacial score (nSPS) is 17.8. The van der Waals surface area contributed by atoms with Crippen molar-refractivity contribution >= 4 is 29.3 Å². The van der Waals surface area contributed by atoms with E-state index in [-0.39, 0.29) is 23.9 Å². The number of hydrogen-bond donors (Lipinski definition) is 1. The first-order valence-corrected chi connectivity index (χ1v) is 9.05. The van der Waals surface area contributed by atoms with E-state index in [2.05, 4.69) is 5.32 Å². The number of furan rings is 1. The Kier molecular flexibility index (Phi) is 3.84. The van der Waals surface area contributed by atoms with Gasteiger partial charge in [0.05, 0.1) is 23.7 Å². The molecule has 0 saturated heterocycles. The minimum absolute atomic E-state index is 0.0194. The third-order valence-electron chi connectivity index (χ3n) is 4.41. The lowest BCUT2D eigenvalue weighted by Gasteiger charge is -2.28. The van der Waals surface area contributed by atoms with Crippen LogP contribution in [0.25, 0.3) is 0 Å². The molecule has 1 aliphatic carbocycles. The molecular weight excluding hydrogens is 324 g/mol. The van der Waals surface area contributed by atoms with Gasteiger partial charge >= 0.3 is 0 Å². The highest BCUT2D eigenvalue weighted by Gasteiger charge is 2.37. The van der Waals surface area contributed by atoms with E-state index in [1.54, 1.807) is 12.3 Å². The van der Waals surface area contributed by atoms with E-state index in [0.29, 0.717) is 11.3 Å². The Labute approximate surface area is 144 Å². The Balaban J connectivity index is 1.63. The van der Waals surface area contributed by atoms with Gasteiger partial charge in [0.15, 0.2) is 0 Å². The van der Waals surface area contributed by atoms with Gasteiger partial charge in [0, 0.05) is 16.5 Å². The first-order valence-electron chi connectivity index (χ1n) is 8.06. The predicted molar refractivity (Wildman–Crippen MR) is 92.1 cm³/mol. The van der Waals surface area contributed by atoms with Gasteiger partial charge in [-0.2, -0.15) is 0 Å². The number of fused-ring (bicyclic) bond motifs is 1. The molecule has 0 radical (unpaired) electrons. The van der Waals surface area contributed by atoms with Crippen LogP contribution in [0.15, 0.2) is 45.9 Å². The predicted octanol–water partition coefficient (Wildman–Crippen LogP) is 3.69. The van der Waals surface area contributed by atoms with Crippen molar-refractivity contribution in [3.05, 3.63) is 47.9 Å². The highest BCUT2D eigenvalue weighted by atomic mass is 32.2. The Morgan fingerprint density at radius 3 is 2.92 bits per heavy atom. The molecule has 0 bridgehead atoms. The van der Waals surface area contributed by atoms with Crippen molar-refractivity contribution < 1.29 is 14.0 Å². The summed E-state index contributed by atoms with van der Waals surface area (Å²) in [6.07, 6.45) is 3.68. The standard InChI is InChI=1S/C18H18N2O3S/c1-11(15-3-2-8-23-15)20(13-5-6-13)18(22)12-4-7-16-14(9-12)19-17(21)10-24-16/h2-4,7-9,11,13H,5-6,10H2,1H3,(H,19,21)/t11-/m0/s1. The molecule has 5 nitrogen and oxygen atoms in total. The van der Waals surface area contributed by atoms with Crippen molar-refractivity contribution in [3.63, 3.8) is 0 Å². The second kappa shape index (κ2) is 6.02. The summed E-state index contributed by atoms with van der Waals surface area (Å²) in [7, 11) is 0. The molecule has 1 N–H and O–H groups in total. The molecule has 1 saturated carbocycles. The maximum absolute atomic E-state index is 13.1. The van der Waals surface area contributed by atoms with Gasteiger partial charge in [0.25, 0.3) is 5.91 Å². The van der Waals surface area contributed by atoms with Crippen molar-refractivity contribution in [1.29, 1.82) is 0 Å². The summed E-state index contributed by atoms with van der Waals surface area (Å²) >= 11 is 1.50. The number of carbonyl (C=O) groups excluding carboxylic acids is 2. The molecule has 0 unspecified atom stereocenters. The average molecular weight is 342 g/mol. The molecule has 1 fully saturated rings. The topological polar surface area (TPSA) is 62.6 Å². The Morgan fingerprint density at radius 2 is 2.21 bits per heavy atom. The zero-order chi connectivity index (χ0) is 16.7. The summed E-state index contributed by atoms with van der Waals surface area (Å²) in [5, 5.41) is 2.85. The number of nitrogens with zero attached hydrogens (tertiary/aromatic N) is 1. The fraction of sp³-hybridized carbons (Fsp3) is 0.333. The molecule has 1 atom stereocenters. The lowest BCUT2D eigenvalue weighted by Crippen LogP contribution is -2.35. The van der Waals surface area contributed by atoms with Crippen LogP contribution in [0, 0.1) is 0 Å². The molecule has 2 aromatic rings. The fourth-order valence-corrected chi connectivity index (χ4v) is 3.83. The number of anilines is 1. The number of nitrogens with one attached hydrogen (secondary N) is 1. The highest BCUT2D eigenvalue weighted by Crippen LogP contribution is 2.37. The molecule has 124 valence electrons. The molecule has 1 aromatic heterocycles. The van der Waals surface area contributed by atoms with Crippen molar-refractivity contribution in [1.82, 2.24) is 4.90 Å². The molecule has 2 aliphatic rings. The van der Waals surface area contributed by atoms with Gasteiger partial charge in [0.1, 0.15) is 5.76 Å². The van der Waals surface area contributed by atoms with Crippen LogP contribution in [-0.4, -0.2) is 28.5 Å². The Hall–Kier alpha value is -2.21. The number of carbonyl (C=O) groups is 2. The van der Waals surface area contributed by atoms with Gasteiger partial charge in [-0.25, -0.2) is 0 Å². The van der Waals surface area contributed by atoms with Crippen molar-refractivity contribution in [2.45, 2.75) is 36.7 Å². The molecule has 24 heavy (non-hydrogen) atoms. The monoisotopic (exact) mass is 342 g/mol. The minimum atomic E-state index is -0.111. The van der Waals surface area contributed by atoms with Crippen LogP contribution in [0.3, 0.4) is 0 Å². The first kappa shape index (κ1) is 15.3. The molecule has 6 heteroatoms. The number of amides is 2. The molecule has 1 aliphatic heterocycles. The number of rotatable bonds is 4. The molecule has 0 spiro atoms. The van der Waals surface area contributed by atoms with E-state index in [1.807, 2.05) is 36.1 Å². The second-order valence-corrected chi connectivity index (χ2v) is 7.20. The van der Waals surface area contributed by atoms with Gasteiger partial charge in [0.2, 0.25) is 5.91 Å². The summed E-state index contributed by atoms with van der Waals surface area (Å²) in [6, 6.07) is 9.43. The van der Waals surface area contributed by atoms with E-state index < -0.39 is 0 Å². The van der Waals surface area contributed by atoms with Crippen LogP contribution >= 0.6 is 11.8 Å². The van der Waals surface area contributed by atoms with E-state index in [4.69, 9.17) is 4.42 Å². The van der Waals surface area contributed by atoms with Crippen LogP contribution in [0.4, 0.5) is 5.69 Å². The van der Waals surface area contributed by atoms with E-state index in [0.717, 1.165) is 29.2 Å². The zero-order valence-corrected chi connectivity index (χ0v) is 14.1. The molecular formula is C18H18N2O3S. The van der Waals surface area contributed by atoms with Gasteiger partial charge in [-0.15, -0.1) is 11.8 Å². The van der Waals surface area contributed by atoms with Crippen molar-refractivity contribution in [2.75, 3.05) is 11.1 Å². The summed E-state index contributed by atoms with van der Waals surface area (Å²) in [5.41, 5.74) is 1.32. The average Bonchev–Trinajstić information content (AvgIpc) is 3.25. The SMILES string of the molecule is C[C@@H](c1ccco1)N(C(=O)c1ccc2c(c1)NC(=O)CS2)C1CC1. The van der Waals surface area contributed by atoms with Crippen LogP contribution in [0.1, 0.15) is 41.9 Å². The quantitative estimate of drug-likeness (QED) is 0.920. The summed E-state index contributed by atoms with van der Waals surface area (Å²) < 4.78 is 5.49. The lowest BCUT2D eigenvalue weighted by molar-refractivity contribution is -0.113. The first-order chi connectivity index (χ1) is 11.6.